The van der Waals surface area contributed by atoms with Crippen molar-refractivity contribution < 1.29 is 4.74 Å². The number of nitrogens with zero attached hydrogens (tertiary/aromatic N) is 1. The zero-order valence-corrected chi connectivity index (χ0v) is 8.76. The lowest BCUT2D eigenvalue weighted by atomic mass is 10.2. The molecule has 0 aliphatic heterocycles. The van der Waals surface area contributed by atoms with E-state index in [1.165, 1.54) is 0 Å². The van der Waals surface area contributed by atoms with Gasteiger partial charge in [-0.15, -0.1) is 0 Å². The van der Waals surface area contributed by atoms with Gasteiger partial charge in [-0.25, -0.2) is 5.53 Å². The van der Waals surface area contributed by atoms with Crippen molar-refractivity contribution in [3.63, 3.8) is 0 Å². The first-order valence-electron chi connectivity index (χ1n) is 5.03. The van der Waals surface area contributed by atoms with Crippen LogP contribution in [-0.2, 0) is 6.61 Å². The average molecular weight is 212 g/mol. The van der Waals surface area contributed by atoms with Gasteiger partial charge in [0, 0.05) is 0 Å². The Balaban J connectivity index is 1.97. The van der Waals surface area contributed by atoms with Gasteiger partial charge in [0.15, 0.2) is 0 Å². The third-order valence-electron chi connectivity index (χ3n) is 2.21. The van der Waals surface area contributed by atoms with Crippen molar-refractivity contribution in [2.75, 3.05) is 0 Å². The molecule has 2 aromatic rings. The lowest BCUT2D eigenvalue weighted by Gasteiger charge is -2.05. The van der Waals surface area contributed by atoms with Gasteiger partial charge in [-0.3, -0.25) is 0 Å². The van der Waals surface area contributed by atoms with Crippen molar-refractivity contribution in [2.45, 2.75) is 6.61 Å². The highest BCUT2D eigenvalue weighted by Gasteiger charge is 1.95. The molecule has 0 saturated heterocycles. The smallest absolute Gasteiger partial charge is 0.119 e. The maximum Gasteiger partial charge on any atom is 0.119 e. The van der Waals surface area contributed by atoms with Crippen LogP contribution in [0.5, 0.6) is 5.75 Å². The van der Waals surface area contributed by atoms with Gasteiger partial charge in [0.1, 0.15) is 12.4 Å². The highest BCUT2D eigenvalue weighted by atomic mass is 16.5. The van der Waals surface area contributed by atoms with E-state index in [4.69, 9.17) is 10.3 Å². The van der Waals surface area contributed by atoms with Crippen molar-refractivity contribution in [2.24, 2.45) is 5.11 Å². The summed E-state index contributed by atoms with van der Waals surface area (Å²) in [7, 11) is 0. The first-order valence-corrected chi connectivity index (χ1v) is 5.03. The highest BCUT2D eigenvalue weighted by Crippen LogP contribution is 2.18. The Hall–Kier alpha value is -2.16. The summed E-state index contributed by atoms with van der Waals surface area (Å²) in [6.45, 7) is 0.554. The fourth-order valence-corrected chi connectivity index (χ4v) is 1.36. The Labute approximate surface area is 94.2 Å². The molecule has 0 bridgehead atoms. The number of benzene rings is 2. The molecule has 0 radical (unpaired) electrons. The van der Waals surface area contributed by atoms with Gasteiger partial charge in [0.2, 0.25) is 0 Å². The molecule has 2 aromatic carbocycles. The molecule has 0 saturated carbocycles. The molecule has 0 aromatic heterocycles. The van der Waals surface area contributed by atoms with E-state index in [0.717, 1.165) is 11.3 Å². The van der Waals surface area contributed by atoms with Gasteiger partial charge in [0.25, 0.3) is 0 Å². The molecule has 80 valence electrons. The summed E-state index contributed by atoms with van der Waals surface area (Å²) < 4.78 is 5.59. The quantitative estimate of drug-likeness (QED) is 0.767. The molecule has 1 N–H and O–H groups in total. The van der Waals surface area contributed by atoms with Crippen LogP contribution in [0.4, 0.5) is 5.69 Å². The third-order valence-corrected chi connectivity index (χ3v) is 2.21. The molecule has 0 spiro atoms. The number of ether oxygens (including phenoxy) is 1. The van der Waals surface area contributed by atoms with Gasteiger partial charge >= 0.3 is 0 Å². The highest BCUT2D eigenvalue weighted by molar-refractivity contribution is 5.40. The van der Waals surface area contributed by atoms with Crippen LogP contribution in [0, 0.1) is 5.53 Å². The molecule has 3 nitrogen and oxygen atoms in total. The Kier molecular flexibility index (Phi) is 3.28. The first kappa shape index (κ1) is 10.4. The van der Waals surface area contributed by atoms with E-state index in [9.17, 15) is 0 Å². The summed E-state index contributed by atoms with van der Waals surface area (Å²) in [6.07, 6.45) is 0. The van der Waals surface area contributed by atoms with E-state index in [1.807, 2.05) is 42.5 Å². The molecular weight excluding hydrogens is 200 g/mol. The lowest BCUT2D eigenvalue weighted by Crippen LogP contribution is -1.94. The van der Waals surface area contributed by atoms with Gasteiger partial charge in [0.05, 0.1) is 5.69 Å². The Morgan fingerprint density at radius 2 is 1.62 bits per heavy atom. The van der Waals surface area contributed by atoms with Crippen LogP contribution in [-0.4, -0.2) is 0 Å². The third kappa shape index (κ3) is 2.67. The molecular formula is C13H12N2O. The van der Waals surface area contributed by atoms with Gasteiger partial charge < -0.3 is 4.74 Å². The molecule has 0 aliphatic rings. The summed E-state index contributed by atoms with van der Waals surface area (Å²) in [4.78, 5) is 0. The second kappa shape index (κ2) is 5.07. The van der Waals surface area contributed by atoms with Crippen LogP contribution in [0.25, 0.3) is 0 Å². The van der Waals surface area contributed by atoms with Crippen LogP contribution in [0.2, 0.25) is 0 Å². The monoisotopic (exact) mass is 212 g/mol. The largest absolute Gasteiger partial charge is 0.489 e. The van der Waals surface area contributed by atoms with Crippen molar-refractivity contribution in [3.05, 3.63) is 60.2 Å². The molecule has 0 amide bonds. The van der Waals surface area contributed by atoms with E-state index >= 15 is 0 Å². The Morgan fingerprint density at radius 1 is 0.938 bits per heavy atom. The summed E-state index contributed by atoms with van der Waals surface area (Å²) in [5.41, 5.74) is 8.60. The number of hydrogen-bond acceptors (Lipinski definition) is 3. The predicted octanol–water partition coefficient (Wildman–Crippen LogP) is 3.93. The van der Waals surface area contributed by atoms with Crippen LogP contribution >= 0.6 is 0 Å². The fourth-order valence-electron chi connectivity index (χ4n) is 1.36. The Morgan fingerprint density at radius 3 is 2.25 bits per heavy atom. The molecule has 16 heavy (non-hydrogen) atoms. The van der Waals surface area contributed by atoms with Crippen LogP contribution in [0.1, 0.15) is 5.56 Å². The molecule has 0 unspecified atom stereocenters. The molecule has 3 heteroatoms. The molecule has 0 aliphatic carbocycles. The zero-order valence-electron chi connectivity index (χ0n) is 8.76. The minimum absolute atomic E-state index is 0.554. The summed E-state index contributed by atoms with van der Waals surface area (Å²) in [5.74, 6) is 0.788. The van der Waals surface area contributed by atoms with Gasteiger partial charge in [-0.05, 0) is 29.8 Å². The molecule has 0 atom stereocenters. The van der Waals surface area contributed by atoms with E-state index in [2.05, 4.69) is 5.11 Å². The standard InChI is InChI=1S/C13H12N2O/c14-15-12-6-8-13(9-7-12)16-10-11-4-2-1-3-5-11/h1-9,14H,10H2. The second-order valence-electron chi connectivity index (χ2n) is 3.38. The summed E-state index contributed by atoms with van der Waals surface area (Å²) in [6, 6.07) is 17.1. The van der Waals surface area contributed by atoms with Crippen molar-refractivity contribution >= 4 is 5.69 Å². The van der Waals surface area contributed by atoms with Gasteiger partial charge in [-0.2, -0.15) is 5.11 Å². The molecule has 0 heterocycles. The van der Waals surface area contributed by atoms with E-state index in [1.54, 1.807) is 12.1 Å². The van der Waals surface area contributed by atoms with Crippen molar-refractivity contribution in [1.82, 2.24) is 0 Å². The van der Waals surface area contributed by atoms with E-state index in [-0.39, 0.29) is 0 Å². The molecule has 0 fully saturated rings. The number of rotatable bonds is 4. The average Bonchev–Trinajstić information content (AvgIpc) is 2.38. The molecule has 2 rings (SSSR count). The van der Waals surface area contributed by atoms with Crippen molar-refractivity contribution in [1.29, 1.82) is 5.53 Å². The van der Waals surface area contributed by atoms with Crippen molar-refractivity contribution in [3.8, 4) is 5.75 Å². The minimum Gasteiger partial charge on any atom is -0.489 e. The lowest BCUT2D eigenvalue weighted by molar-refractivity contribution is 0.306. The van der Waals surface area contributed by atoms with E-state index < -0.39 is 0 Å². The number of hydrogen-bond donors (Lipinski definition) is 1. The maximum absolute atomic E-state index is 6.83. The normalized spacial score (nSPS) is 9.75. The summed E-state index contributed by atoms with van der Waals surface area (Å²) in [5, 5.41) is 3.32. The minimum atomic E-state index is 0.554. The number of nitrogens with one attached hydrogen (secondary N) is 1. The van der Waals surface area contributed by atoms with E-state index in [0.29, 0.717) is 12.3 Å². The van der Waals surface area contributed by atoms with Crippen LogP contribution in [0.15, 0.2) is 59.7 Å². The summed E-state index contributed by atoms with van der Waals surface area (Å²) >= 11 is 0. The van der Waals surface area contributed by atoms with Crippen LogP contribution in [0.3, 0.4) is 0 Å². The first-order chi connectivity index (χ1) is 7.88. The SMILES string of the molecule is N=Nc1ccc(OCc2ccccc2)cc1. The predicted molar refractivity (Wildman–Crippen MR) is 62.0 cm³/mol. The van der Waals surface area contributed by atoms with Crippen LogP contribution < -0.4 is 4.74 Å². The topological polar surface area (TPSA) is 45.4 Å². The van der Waals surface area contributed by atoms with Gasteiger partial charge in [-0.1, -0.05) is 30.3 Å². The zero-order chi connectivity index (χ0) is 11.2. The fraction of sp³-hybridized carbons (Fsp3) is 0.0769. The Bertz CT molecular complexity index is 451. The second-order valence-corrected chi connectivity index (χ2v) is 3.38. The maximum atomic E-state index is 6.83.